The number of ether oxygens (including phenoxy) is 1. The van der Waals surface area contributed by atoms with Crippen molar-refractivity contribution in [3.63, 3.8) is 0 Å². The summed E-state index contributed by atoms with van der Waals surface area (Å²) < 4.78 is 7.77. The Morgan fingerprint density at radius 1 is 1.28 bits per heavy atom. The van der Waals surface area contributed by atoms with Crippen LogP contribution in [0.5, 0.6) is 0 Å². The Kier molecular flexibility index (Phi) is 5.77. The summed E-state index contributed by atoms with van der Waals surface area (Å²) >= 11 is 0. The van der Waals surface area contributed by atoms with Gasteiger partial charge in [0.1, 0.15) is 5.65 Å². The molecular formula is C18H25N3O4. The van der Waals surface area contributed by atoms with Crippen LogP contribution in [0.4, 0.5) is 0 Å². The third-order valence-corrected chi connectivity index (χ3v) is 4.23. The van der Waals surface area contributed by atoms with Crippen LogP contribution in [0.3, 0.4) is 0 Å². The molecule has 2 aromatic rings. The number of aryl methyl sites for hydroxylation is 3. The number of pyridine rings is 1. The number of fused-ring (bicyclic) bond motifs is 1. The smallest absolute Gasteiger partial charge is 0.332 e. The van der Waals surface area contributed by atoms with Crippen molar-refractivity contribution in [1.29, 1.82) is 0 Å². The average molecular weight is 347 g/mol. The minimum absolute atomic E-state index is 0.164. The second-order valence-corrected chi connectivity index (χ2v) is 6.49. The molecule has 0 fully saturated rings. The molecule has 0 bridgehead atoms. The highest BCUT2D eigenvalue weighted by atomic mass is 16.5. The van der Waals surface area contributed by atoms with Crippen LogP contribution in [0.2, 0.25) is 0 Å². The summed E-state index contributed by atoms with van der Waals surface area (Å²) in [6, 6.07) is 1.85. The van der Waals surface area contributed by atoms with Crippen molar-refractivity contribution in [2.24, 2.45) is 7.05 Å². The summed E-state index contributed by atoms with van der Waals surface area (Å²) in [7, 11) is 1.63. The zero-order valence-corrected chi connectivity index (χ0v) is 15.5. The minimum atomic E-state index is -0.358. The molecule has 0 saturated carbocycles. The number of esters is 1. The molecule has 1 atom stereocenters. The number of nitrogens with zero attached hydrogens (tertiary/aromatic N) is 3. The molecule has 0 aromatic carbocycles. The first kappa shape index (κ1) is 18.9. The average Bonchev–Trinajstić information content (AvgIpc) is 2.50. The van der Waals surface area contributed by atoms with E-state index in [9.17, 15) is 14.4 Å². The fourth-order valence-electron chi connectivity index (χ4n) is 3.06. The predicted octanol–water partition coefficient (Wildman–Crippen LogP) is 1.83. The van der Waals surface area contributed by atoms with E-state index in [1.807, 2.05) is 26.8 Å². The van der Waals surface area contributed by atoms with Gasteiger partial charge in [0.25, 0.3) is 5.56 Å². The van der Waals surface area contributed by atoms with E-state index in [0.29, 0.717) is 30.4 Å². The lowest BCUT2D eigenvalue weighted by Crippen LogP contribution is -2.39. The maximum Gasteiger partial charge on any atom is 0.332 e. The van der Waals surface area contributed by atoms with Crippen LogP contribution in [0.15, 0.2) is 15.7 Å². The van der Waals surface area contributed by atoms with Gasteiger partial charge < -0.3 is 4.74 Å². The molecule has 0 aliphatic carbocycles. The Labute approximate surface area is 146 Å². The fraction of sp³-hybridized carbons (Fsp3) is 0.556. The number of aromatic nitrogens is 3. The zero-order chi connectivity index (χ0) is 18.7. The standard InChI is InChI=1S/C18H25N3O4/c1-11-10-12(2)19-16-15(11)17(23)21(18(24)20(16)5)9-7-6-8-13(3)25-14(4)22/h10,13H,6-9H2,1-5H3/t13-/m1/s1. The van der Waals surface area contributed by atoms with Crippen LogP contribution in [0.25, 0.3) is 11.0 Å². The van der Waals surface area contributed by atoms with Gasteiger partial charge >= 0.3 is 11.7 Å². The molecular weight excluding hydrogens is 322 g/mol. The van der Waals surface area contributed by atoms with Crippen LogP contribution in [0, 0.1) is 13.8 Å². The number of hydrogen-bond acceptors (Lipinski definition) is 5. The first-order chi connectivity index (χ1) is 11.7. The van der Waals surface area contributed by atoms with Gasteiger partial charge in [-0.3, -0.25) is 18.7 Å². The second-order valence-electron chi connectivity index (χ2n) is 6.49. The quantitative estimate of drug-likeness (QED) is 0.588. The molecule has 7 nitrogen and oxygen atoms in total. The lowest BCUT2D eigenvalue weighted by molar-refractivity contribution is -0.145. The van der Waals surface area contributed by atoms with E-state index in [0.717, 1.165) is 17.7 Å². The summed E-state index contributed by atoms with van der Waals surface area (Å²) in [5, 5.41) is 0.487. The van der Waals surface area contributed by atoms with E-state index in [-0.39, 0.29) is 23.3 Å². The summed E-state index contributed by atoms with van der Waals surface area (Å²) in [6.45, 7) is 7.25. The highest BCUT2D eigenvalue weighted by molar-refractivity contribution is 5.78. The van der Waals surface area contributed by atoms with Crippen LogP contribution >= 0.6 is 0 Å². The SMILES string of the molecule is CC(=O)O[C@H](C)CCCCn1c(=O)c2c(C)cc(C)nc2n(C)c1=O. The Bertz CT molecular complexity index is 911. The van der Waals surface area contributed by atoms with Crippen molar-refractivity contribution in [1.82, 2.24) is 14.1 Å². The first-order valence-corrected chi connectivity index (χ1v) is 8.47. The van der Waals surface area contributed by atoms with Crippen molar-refractivity contribution in [3.05, 3.63) is 38.2 Å². The molecule has 0 saturated heterocycles. The number of rotatable bonds is 6. The third-order valence-electron chi connectivity index (χ3n) is 4.23. The molecule has 0 spiro atoms. The summed E-state index contributed by atoms with van der Waals surface area (Å²) in [4.78, 5) is 40.5. The summed E-state index contributed by atoms with van der Waals surface area (Å²) in [6.07, 6.45) is 1.95. The van der Waals surface area contributed by atoms with Crippen molar-refractivity contribution in [2.75, 3.05) is 0 Å². The lowest BCUT2D eigenvalue weighted by Gasteiger charge is -2.13. The molecule has 2 aromatic heterocycles. The maximum absolute atomic E-state index is 12.7. The van der Waals surface area contributed by atoms with Gasteiger partial charge in [-0.2, -0.15) is 0 Å². The van der Waals surface area contributed by atoms with E-state index in [1.165, 1.54) is 16.1 Å². The monoisotopic (exact) mass is 347 g/mol. The van der Waals surface area contributed by atoms with Crippen LogP contribution in [-0.4, -0.2) is 26.2 Å². The third kappa shape index (κ3) is 4.15. The van der Waals surface area contributed by atoms with Crippen molar-refractivity contribution >= 4 is 17.0 Å². The maximum atomic E-state index is 12.7. The Balaban J connectivity index is 2.24. The van der Waals surface area contributed by atoms with Gasteiger partial charge in [-0.05, 0) is 51.7 Å². The van der Waals surface area contributed by atoms with E-state index in [2.05, 4.69) is 4.98 Å². The van der Waals surface area contributed by atoms with E-state index >= 15 is 0 Å². The Morgan fingerprint density at radius 2 is 1.96 bits per heavy atom. The van der Waals surface area contributed by atoms with Gasteiger partial charge in [0.05, 0.1) is 11.5 Å². The largest absolute Gasteiger partial charge is 0.463 e. The van der Waals surface area contributed by atoms with Crippen LogP contribution in [-0.2, 0) is 23.1 Å². The first-order valence-electron chi connectivity index (χ1n) is 8.47. The van der Waals surface area contributed by atoms with Crippen LogP contribution < -0.4 is 11.2 Å². The predicted molar refractivity (Wildman–Crippen MR) is 95.8 cm³/mol. The van der Waals surface area contributed by atoms with Gasteiger partial charge in [-0.15, -0.1) is 0 Å². The van der Waals surface area contributed by atoms with Gasteiger partial charge in [-0.1, -0.05) is 0 Å². The highest BCUT2D eigenvalue weighted by Crippen LogP contribution is 2.12. The molecule has 0 aliphatic rings. The van der Waals surface area contributed by atoms with Crippen LogP contribution in [0.1, 0.15) is 44.4 Å². The fourth-order valence-corrected chi connectivity index (χ4v) is 3.06. The van der Waals surface area contributed by atoms with E-state index in [4.69, 9.17) is 4.74 Å². The number of carbonyl (C=O) groups excluding carboxylic acids is 1. The normalized spacial score (nSPS) is 12.4. The van der Waals surface area contributed by atoms with Crippen molar-refractivity contribution < 1.29 is 9.53 Å². The zero-order valence-electron chi connectivity index (χ0n) is 15.5. The van der Waals surface area contributed by atoms with Crippen molar-refractivity contribution in [3.8, 4) is 0 Å². The summed E-state index contributed by atoms with van der Waals surface area (Å²) in [5.41, 5.74) is 1.36. The molecule has 2 rings (SSSR count). The number of unbranched alkanes of at least 4 members (excludes halogenated alkanes) is 1. The molecule has 0 aliphatic heterocycles. The minimum Gasteiger partial charge on any atom is -0.463 e. The Hall–Kier alpha value is -2.44. The molecule has 0 amide bonds. The lowest BCUT2D eigenvalue weighted by atomic mass is 10.1. The topological polar surface area (TPSA) is 83.2 Å². The molecule has 2 heterocycles. The van der Waals surface area contributed by atoms with Gasteiger partial charge in [-0.25, -0.2) is 9.78 Å². The molecule has 25 heavy (non-hydrogen) atoms. The molecule has 7 heteroatoms. The van der Waals surface area contributed by atoms with E-state index < -0.39 is 0 Å². The molecule has 136 valence electrons. The van der Waals surface area contributed by atoms with E-state index in [1.54, 1.807) is 7.05 Å². The molecule has 0 N–H and O–H groups in total. The highest BCUT2D eigenvalue weighted by Gasteiger charge is 2.14. The molecule has 0 radical (unpaired) electrons. The molecule has 0 unspecified atom stereocenters. The van der Waals surface area contributed by atoms with Gasteiger partial charge in [0.15, 0.2) is 0 Å². The van der Waals surface area contributed by atoms with Gasteiger partial charge in [0.2, 0.25) is 0 Å². The number of carbonyl (C=O) groups is 1. The second kappa shape index (κ2) is 7.63. The Morgan fingerprint density at radius 3 is 2.60 bits per heavy atom. The van der Waals surface area contributed by atoms with Gasteiger partial charge in [0, 0.05) is 26.2 Å². The van der Waals surface area contributed by atoms with Crippen molar-refractivity contribution in [2.45, 2.75) is 59.6 Å². The number of hydrogen-bond donors (Lipinski definition) is 0. The summed E-state index contributed by atoms with van der Waals surface area (Å²) in [5.74, 6) is -0.301.